The first-order chi connectivity index (χ1) is 14.6. The number of nitrogens with zero attached hydrogens (tertiary/aromatic N) is 1. The lowest BCUT2D eigenvalue weighted by molar-refractivity contribution is -0.129. The highest BCUT2D eigenvalue weighted by molar-refractivity contribution is 9.10. The number of benzene rings is 3. The molecule has 0 saturated carbocycles. The van der Waals surface area contributed by atoms with E-state index in [4.69, 9.17) is 14.2 Å². The van der Waals surface area contributed by atoms with Crippen molar-refractivity contribution in [2.24, 2.45) is 4.99 Å². The maximum absolute atomic E-state index is 12.2. The molecule has 0 bridgehead atoms. The van der Waals surface area contributed by atoms with Gasteiger partial charge in [0.1, 0.15) is 6.61 Å². The number of methoxy groups -OCH3 is 1. The molecule has 0 fully saturated rings. The average Bonchev–Trinajstić information content (AvgIpc) is 3.14. The van der Waals surface area contributed by atoms with Crippen molar-refractivity contribution in [1.29, 1.82) is 0 Å². The van der Waals surface area contributed by atoms with Crippen molar-refractivity contribution in [3.63, 3.8) is 0 Å². The molecule has 0 N–H and O–H groups in total. The molecule has 1 aliphatic rings. The summed E-state index contributed by atoms with van der Waals surface area (Å²) in [6.45, 7) is 0.418. The second-order valence-corrected chi connectivity index (χ2v) is 7.44. The van der Waals surface area contributed by atoms with Gasteiger partial charge in [-0.2, -0.15) is 0 Å². The molecule has 0 unspecified atom stereocenters. The summed E-state index contributed by atoms with van der Waals surface area (Å²) in [7, 11) is 1.58. The van der Waals surface area contributed by atoms with Crippen molar-refractivity contribution in [3.8, 4) is 11.5 Å². The number of cyclic esters (lactones) is 1. The molecule has 4 rings (SSSR count). The Hall–Kier alpha value is -3.38. The van der Waals surface area contributed by atoms with Crippen LogP contribution < -0.4 is 9.47 Å². The zero-order chi connectivity index (χ0) is 20.9. The molecule has 0 amide bonds. The van der Waals surface area contributed by atoms with E-state index >= 15 is 0 Å². The van der Waals surface area contributed by atoms with Crippen LogP contribution in [0.5, 0.6) is 11.5 Å². The van der Waals surface area contributed by atoms with E-state index in [0.717, 1.165) is 21.2 Å². The maximum atomic E-state index is 12.2. The van der Waals surface area contributed by atoms with Crippen molar-refractivity contribution in [3.05, 3.63) is 99.7 Å². The van der Waals surface area contributed by atoms with Gasteiger partial charge < -0.3 is 14.2 Å². The van der Waals surface area contributed by atoms with Gasteiger partial charge in [0.2, 0.25) is 5.90 Å². The molecular weight excluding hydrogens is 446 g/mol. The van der Waals surface area contributed by atoms with E-state index in [-0.39, 0.29) is 5.70 Å². The SMILES string of the molecule is COc1cc(/C=C2\N=C(c3ccccc3)OC2=O)ccc1OCc1ccc(Br)cc1. The lowest BCUT2D eigenvalue weighted by atomic mass is 10.1. The van der Waals surface area contributed by atoms with Crippen LogP contribution in [0.2, 0.25) is 0 Å². The minimum Gasteiger partial charge on any atom is -0.493 e. The number of rotatable bonds is 6. The fraction of sp³-hybridized carbons (Fsp3) is 0.0833. The summed E-state index contributed by atoms with van der Waals surface area (Å²) in [5.74, 6) is 1.00. The molecule has 30 heavy (non-hydrogen) atoms. The quantitative estimate of drug-likeness (QED) is 0.363. The van der Waals surface area contributed by atoms with E-state index in [1.165, 1.54) is 0 Å². The van der Waals surface area contributed by atoms with Gasteiger partial charge in [-0.25, -0.2) is 9.79 Å². The molecule has 0 aromatic heterocycles. The normalized spacial score (nSPS) is 14.4. The third kappa shape index (κ3) is 4.60. The molecule has 0 aliphatic carbocycles. The number of hydrogen-bond donors (Lipinski definition) is 0. The summed E-state index contributed by atoms with van der Waals surface area (Å²) in [6, 6.07) is 22.7. The van der Waals surface area contributed by atoms with Crippen LogP contribution >= 0.6 is 15.9 Å². The molecule has 0 radical (unpaired) electrons. The third-order valence-corrected chi connectivity index (χ3v) is 4.97. The van der Waals surface area contributed by atoms with Crippen molar-refractivity contribution >= 4 is 33.9 Å². The van der Waals surface area contributed by atoms with Crippen LogP contribution in [-0.4, -0.2) is 19.0 Å². The zero-order valence-corrected chi connectivity index (χ0v) is 17.8. The van der Waals surface area contributed by atoms with Gasteiger partial charge in [-0.3, -0.25) is 0 Å². The van der Waals surface area contributed by atoms with Gasteiger partial charge in [0.15, 0.2) is 17.2 Å². The van der Waals surface area contributed by atoms with E-state index in [0.29, 0.717) is 24.0 Å². The predicted octanol–water partition coefficient (Wildman–Crippen LogP) is 5.38. The predicted molar refractivity (Wildman–Crippen MR) is 119 cm³/mol. The Bertz CT molecular complexity index is 1120. The first-order valence-electron chi connectivity index (χ1n) is 9.25. The monoisotopic (exact) mass is 463 g/mol. The standard InChI is InChI=1S/C24H18BrNO4/c1-28-22-14-17(9-12-21(22)29-15-16-7-10-19(25)11-8-16)13-20-24(27)30-23(26-20)18-5-3-2-4-6-18/h2-14H,15H2,1H3/b20-13-. The highest BCUT2D eigenvalue weighted by Crippen LogP contribution is 2.30. The van der Waals surface area contributed by atoms with Crippen molar-refractivity contribution < 1.29 is 19.0 Å². The number of halogens is 1. The average molecular weight is 464 g/mol. The Morgan fingerprint density at radius 3 is 2.50 bits per heavy atom. The number of carbonyl (C=O) groups excluding carboxylic acids is 1. The third-order valence-electron chi connectivity index (χ3n) is 4.44. The fourth-order valence-electron chi connectivity index (χ4n) is 2.91. The molecule has 6 heteroatoms. The number of carbonyl (C=O) groups is 1. The number of hydrogen-bond acceptors (Lipinski definition) is 5. The van der Waals surface area contributed by atoms with Gasteiger partial charge in [0.25, 0.3) is 0 Å². The zero-order valence-electron chi connectivity index (χ0n) is 16.2. The van der Waals surface area contributed by atoms with Crippen LogP contribution in [0.25, 0.3) is 6.08 Å². The lowest BCUT2D eigenvalue weighted by Gasteiger charge is -2.11. The first kappa shape index (κ1) is 19.9. The Morgan fingerprint density at radius 1 is 1.00 bits per heavy atom. The van der Waals surface area contributed by atoms with Crippen LogP contribution in [0.15, 0.2) is 88.0 Å². The van der Waals surface area contributed by atoms with Gasteiger partial charge in [-0.15, -0.1) is 0 Å². The van der Waals surface area contributed by atoms with Crippen LogP contribution in [0.1, 0.15) is 16.7 Å². The largest absolute Gasteiger partial charge is 0.493 e. The Kier molecular flexibility index (Phi) is 5.95. The fourth-order valence-corrected chi connectivity index (χ4v) is 3.17. The Balaban J connectivity index is 1.53. The minimum absolute atomic E-state index is 0.236. The number of aliphatic imine (C=N–C) groups is 1. The van der Waals surface area contributed by atoms with Crippen molar-refractivity contribution in [1.82, 2.24) is 0 Å². The molecule has 150 valence electrons. The van der Waals surface area contributed by atoms with E-state index in [2.05, 4.69) is 20.9 Å². The van der Waals surface area contributed by atoms with Gasteiger partial charge in [0, 0.05) is 10.0 Å². The van der Waals surface area contributed by atoms with Crippen LogP contribution in [0.3, 0.4) is 0 Å². The van der Waals surface area contributed by atoms with E-state index in [1.54, 1.807) is 19.3 Å². The number of ether oxygens (including phenoxy) is 3. The summed E-state index contributed by atoms with van der Waals surface area (Å²) < 4.78 is 17.7. The number of esters is 1. The van der Waals surface area contributed by atoms with Gasteiger partial charge >= 0.3 is 5.97 Å². The van der Waals surface area contributed by atoms with E-state index in [9.17, 15) is 4.79 Å². The van der Waals surface area contributed by atoms with Crippen molar-refractivity contribution in [2.45, 2.75) is 6.61 Å². The highest BCUT2D eigenvalue weighted by Gasteiger charge is 2.24. The molecule has 0 spiro atoms. The van der Waals surface area contributed by atoms with E-state index in [1.807, 2.05) is 66.7 Å². The molecule has 1 heterocycles. The molecule has 3 aromatic carbocycles. The first-order valence-corrected chi connectivity index (χ1v) is 10.0. The summed E-state index contributed by atoms with van der Waals surface area (Å²) in [5, 5.41) is 0. The molecule has 1 aliphatic heterocycles. The second kappa shape index (κ2) is 8.97. The Labute approximate surface area is 182 Å². The van der Waals surface area contributed by atoms with Crippen LogP contribution in [0.4, 0.5) is 0 Å². The minimum atomic E-state index is -0.483. The van der Waals surface area contributed by atoms with Gasteiger partial charge in [0.05, 0.1) is 7.11 Å². The summed E-state index contributed by atoms with van der Waals surface area (Å²) >= 11 is 3.42. The van der Waals surface area contributed by atoms with Crippen LogP contribution in [0, 0.1) is 0 Å². The second-order valence-electron chi connectivity index (χ2n) is 6.53. The maximum Gasteiger partial charge on any atom is 0.363 e. The van der Waals surface area contributed by atoms with Crippen molar-refractivity contribution in [2.75, 3.05) is 7.11 Å². The Morgan fingerprint density at radius 2 is 1.77 bits per heavy atom. The molecular formula is C24H18BrNO4. The summed E-state index contributed by atoms with van der Waals surface area (Å²) in [5.41, 5.74) is 2.79. The smallest absolute Gasteiger partial charge is 0.363 e. The highest BCUT2D eigenvalue weighted by atomic mass is 79.9. The molecule has 3 aromatic rings. The summed E-state index contributed by atoms with van der Waals surface area (Å²) in [6.07, 6.45) is 1.67. The van der Waals surface area contributed by atoms with Gasteiger partial charge in [-0.05, 0) is 53.6 Å². The molecule has 5 nitrogen and oxygen atoms in total. The van der Waals surface area contributed by atoms with Crippen LogP contribution in [-0.2, 0) is 16.1 Å². The molecule has 0 atom stereocenters. The van der Waals surface area contributed by atoms with Gasteiger partial charge in [-0.1, -0.05) is 52.3 Å². The molecule has 0 saturated heterocycles. The summed E-state index contributed by atoms with van der Waals surface area (Å²) in [4.78, 5) is 16.5. The topological polar surface area (TPSA) is 57.1 Å². The van der Waals surface area contributed by atoms with E-state index < -0.39 is 5.97 Å². The lowest BCUT2D eigenvalue weighted by Crippen LogP contribution is -2.04.